The van der Waals surface area contributed by atoms with Crippen molar-refractivity contribution in [3.63, 3.8) is 0 Å². The van der Waals surface area contributed by atoms with Crippen molar-refractivity contribution in [2.24, 2.45) is 0 Å². The fourth-order valence-corrected chi connectivity index (χ4v) is 3.43. The molecule has 0 aliphatic heterocycles. The summed E-state index contributed by atoms with van der Waals surface area (Å²) in [6, 6.07) is 12.6. The van der Waals surface area contributed by atoms with Crippen molar-refractivity contribution in [3.8, 4) is 11.6 Å². The van der Waals surface area contributed by atoms with Crippen molar-refractivity contribution in [1.82, 2.24) is 9.55 Å². The monoisotopic (exact) mass is 414 g/mol. The standard InChI is InChI=1S/C23H18F4N2O/c1-14-15(2)29(13-16-3-5-17(6-4-16)23(25,26)27)21-20(14)11-12-28-22(21)30-19-9-7-18(24)8-10-19/h3-12H,13H2,1-2H3. The highest BCUT2D eigenvalue weighted by Gasteiger charge is 2.30. The number of aromatic nitrogens is 2. The predicted molar refractivity (Wildman–Crippen MR) is 106 cm³/mol. The summed E-state index contributed by atoms with van der Waals surface area (Å²) in [5, 5.41) is 0.937. The van der Waals surface area contributed by atoms with Gasteiger partial charge in [0.2, 0.25) is 5.88 Å². The van der Waals surface area contributed by atoms with Gasteiger partial charge in [0.05, 0.1) is 5.56 Å². The van der Waals surface area contributed by atoms with E-state index in [2.05, 4.69) is 4.98 Å². The fraction of sp³-hybridized carbons (Fsp3) is 0.174. The van der Waals surface area contributed by atoms with Gasteiger partial charge in [-0.25, -0.2) is 9.37 Å². The topological polar surface area (TPSA) is 27.1 Å². The number of hydrogen-bond acceptors (Lipinski definition) is 2. The SMILES string of the molecule is Cc1c(C)n(Cc2ccc(C(F)(F)F)cc2)c2c(Oc3ccc(F)cc3)nccc12. The van der Waals surface area contributed by atoms with E-state index in [4.69, 9.17) is 4.74 Å². The molecule has 0 amide bonds. The minimum atomic E-state index is -4.37. The third kappa shape index (κ3) is 3.75. The van der Waals surface area contributed by atoms with Crippen LogP contribution in [0.2, 0.25) is 0 Å². The van der Waals surface area contributed by atoms with Gasteiger partial charge in [0, 0.05) is 23.8 Å². The van der Waals surface area contributed by atoms with Gasteiger partial charge in [-0.15, -0.1) is 0 Å². The number of benzene rings is 2. The van der Waals surface area contributed by atoms with E-state index in [1.807, 2.05) is 24.5 Å². The molecule has 0 saturated heterocycles. The molecule has 4 aromatic rings. The van der Waals surface area contributed by atoms with E-state index >= 15 is 0 Å². The molecule has 2 aromatic carbocycles. The molecule has 0 radical (unpaired) electrons. The normalized spacial score (nSPS) is 11.8. The van der Waals surface area contributed by atoms with Gasteiger partial charge in [-0.2, -0.15) is 13.2 Å². The second kappa shape index (κ2) is 7.48. The predicted octanol–water partition coefficient (Wildman–Crippen LogP) is 6.65. The highest BCUT2D eigenvalue weighted by atomic mass is 19.4. The Kier molecular flexibility index (Phi) is 4.97. The molecular formula is C23H18F4N2O. The Morgan fingerprint density at radius 1 is 0.933 bits per heavy atom. The molecular weight excluding hydrogens is 396 g/mol. The van der Waals surface area contributed by atoms with Gasteiger partial charge in [0.15, 0.2) is 0 Å². The number of pyridine rings is 1. The first-order valence-electron chi connectivity index (χ1n) is 9.28. The lowest BCUT2D eigenvalue weighted by atomic mass is 10.1. The van der Waals surface area contributed by atoms with Crippen LogP contribution in [-0.2, 0) is 12.7 Å². The van der Waals surface area contributed by atoms with E-state index in [1.165, 1.54) is 36.4 Å². The van der Waals surface area contributed by atoms with Gasteiger partial charge in [-0.1, -0.05) is 12.1 Å². The van der Waals surface area contributed by atoms with Crippen LogP contribution < -0.4 is 4.74 Å². The number of halogens is 4. The van der Waals surface area contributed by atoms with Crippen LogP contribution in [0.3, 0.4) is 0 Å². The Morgan fingerprint density at radius 2 is 1.60 bits per heavy atom. The summed E-state index contributed by atoms with van der Waals surface area (Å²) in [5.41, 5.74) is 2.76. The summed E-state index contributed by atoms with van der Waals surface area (Å²) in [7, 11) is 0. The van der Waals surface area contributed by atoms with Crippen molar-refractivity contribution in [2.75, 3.05) is 0 Å². The first-order valence-corrected chi connectivity index (χ1v) is 9.28. The molecule has 3 nitrogen and oxygen atoms in total. The van der Waals surface area contributed by atoms with E-state index in [9.17, 15) is 17.6 Å². The van der Waals surface area contributed by atoms with Gasteiger partial charge in [-0.3, -0.25) is 0 Å². The van der Waals surface area contributed by atoms with Crippen LogP contribution in [0.5, 0.6) is 11.6 Å². The molecule has 7 heteroatoms. The van der Waals surface area contributed by atoms with E-state index in [-0.39, 0.29) is 5.82 Å². The summed E-state index contributed by atoms with van der Waals surface area (Å²) in [6.07, 6.45) is -2.73. The highest BCUT2D eigenvalue weighted by Crippen LogP contribution is 2.34. The lowest BCUT2D eigenvalue weighted by Crippen LogP contribution is -2.06. The minimum Gasteiger partial charge on any atom is -0.437 e. The lowest BCUT2D eigenvalue weighted by molar-refractivity contribution is -0.137. The average molecular weight is 414 g/mol. The maximum absolute atomic E-state index is 13.2. The van der Waals surface area contributed by atoms with E-state index < -0.39 is 11.7 Å². The first kappa shape index (κ1) is 19.9. The third-order valence-corrected chi connectivity index (χ3v) is 5.16. The van der Waals surface area contributed by atoms with Crippen molar-refractivity contribution >= 4 is 10.9 Å². The second-order valence-electron chi connectivity index (χ2n) is 7.06. The van der Waals surface area contributed by atoms with E-state index in [0.29, 0.717) is 18.2 Å². The lowest BCUT2D eigenvalue weighted by Gasteiger charge is -2.13. The zero-order chi connectivity index (χ0) is 21.5. The van der Waals surface area contributed by atoms with Gasteiger partial charge in [0.25, 0.3) is 0 Å². The van der Waals surface area contributed by atoms with Gasteiger partial charge < -0.3 is 9.30 Å². The van der Waals surface area contributed by atoms with Gasteiger partial charge in [0.1, 0.15) is 17.1 Å². The number of hydrogen-bond donors (Lipinski definition) is 0. The van der Waals surface area contributed by atoms with Crippen LogP contribution >= 0.6 is 0 Å². The maximum Gasteiger partial charge on any atom is 0.416 e. The molecule has 0 aliphatic carbocycles. The molecule has 2 aromatic heterocycles. The highest BCUT2D eigenvalue weighted by molar-refractivity contribution is 5.89. The molecule has 0 aliphatic rings. The Morgan fingerprint density at radius 3 is 2.23 bits per heavy atom. The van der Waals surface area contributed by atoms with E-state index in [1.54, 1.807) is 6.20 Å². The summed E-state index contributed by atoms with van der Waals surface area (Å²) < 4.78 is 59.6. The van der Waals surface area contributed by atoms with Crippen molar-refractivity contribution in [2.45, 2.75) is 26.6 Å². The van der Waals surface area contributed by atoms with Crippen LogP contribution in [0, 0.1) is 19.7 Å². The molecule has 0 N–H and O–H groups in total. The summed E-state index contributed by atoms with van der Waals surface area (Å²) in [4.78, 5) is 4.34. The smallest absolute Gasteiger partial charge is 0.416 e. The summed E-state index contributed by atoms with van der Waals surface area (Å²) in [5.74, 6) is 0.419. The molecule has 30 heavy (non-hydrogen) atoms. The molecule has 2 heterocycles. The Bertz CT molecular complexity index is 1190. The fourth-order valence-electron chi connectivity index (χ4n) is 3.43. The van der Waals surface area contributed by atoms with Crippen molar-refractivity contribution in [1.29, 1.82) is 0 Å². The largest absolute Gasteiger partial charge is 0.437 e. The zero-order valence-electron chi connectivity index (χ0n) is 16.3. The molecule has 154 valence electrons. The van der Waals surface area contributed by atoms with E-state index in [0.717, 1.165) is 39.9 Å². The number of ether oxygens (including phenoxy) is 1. The Balaban J connectivity index is 1.75. The quantitative estimate of drug-likeness (QED) is 0.350. The van der Waals surface area contributed by atoms with Crippen LogP contribution in [-0.4, -0.2) is 9.55 Å². The van der Waals surface area contributed by atoms with Crippen LogP contribution in [0.15, 0.2) is 60.8 Å². The van der Waals surface area contributed by atoms with Crippen molar-refractivity contribution < 1.29 is 22.3 Å². The number of fused-ring (bicyclic) bond motifs is 1. The summed E-state index contributed by atoms with van der Waals surface area (Å²) >= 11 is 0. The molecule has 0 saturated carbocycles. The van der Waals surface area contributed by atoms with Crippen LogP contribution in [0.25, 0.3) is 10.9 Å². The molecule has 0 atom stereocenters. The third-order valence-electron chi connectivity index (χ3n) is 5.16. The first-order chi connectivity index (χ1) is 14.2. The molecule has 4 rings (SSSR count). The maximum atomic E-state index is 13.2. The number of rotatable bonds is 4. The van der Waals surface area contributed by atoms with Gasteiger partial charge >= 0.3 is 6.18 Å². The van der Waals surface area contributed by atoms with Crippen LogP contribution in [0.1, 0.15) is 22.4 Å². The van der Waals surface area contributed by atoms with Crippen LogP contribution in [0.4, 0.5) is 17.6 Å². The van der Waals surface area contributed by atoms with Gasteiger partial charge in [-0.05, 0) is 67.4 Å². The Hall–Kier alpha value is -3.35. The van der Waals surface area contributed by atoms with Crippen molar-refractivity contribution in [3.05, 3.63) is 89.0 Å². The number of alkyl halides is 3. The second-order valence-corrected chi connectivity index (χ2v) is 7.06. The average Bonchev–Trinajstić information content (AvgIpc) is 2.95. The summed E-state index contributed by atoms with van der Waals surface area (Å²) in [6.45, 7) is 4.28. The number of nitrogens with zero attached hydrogens (tertiary/aromatic N) is 2. The molecule has 0 bridgehead atoms. The minimum absolute atomic E-state index is 0.349. The molecule has 0 unspecified atom stereocenters. The Labute approximate surface area is 170 Å². The zero-order valence-corrected chi connectivity index (χ0v) is 16.3. The molecule has 0 spiro atoms. The number of aryl methyl sites for hydroxylation is 1. The molecule has 0 fully saturated rings.